The van der Waals surface area contributed by atoms with Crippen LogP contribution in [0.15, 0.2) is 0 Å². The van der Waals surface area contributed by atoms with Crippen LogP contribution in [0.3, 0.4) is 0 Å². The quantitative estimate of drug-likeness (QED) is 0.669. The van der Waals surface area contributed by atoms with Gasteiger partial charge in [0.15, 0.2) is 0 Å². The monoisotopic (exact) mass is 280 g/mol. The minimum absolute atomic E-state index is 0.316. The summed E-state index contributed by atoms with van der Waals surface area (Å²) in [5, 5.41) is 12.6. The second-order valence-electron chi connectivity index (χ2n) is 7.52. The largest absolute Gasteiger partial charge is 0.396 e. The minimum atomic E-state index is 0.316. The van der Waals surface area contributed by atoms with Gasteiger partial charge in [0.05, 0.1) is 0 Å². The van der Waals surface area contributed by atoms with Gasteiger partial charge in [-0.25, -0.2) is 0 Å². The molecule has 3 aliphatic rings. The Hall–Kier alpha value is -0.120. The zero-order valence-corrected chi connectivity index (χ0v) is 12.9. The Morgan fingerprint density at radius 1 is 1.00 bits per heavy atom. The maximum Gasteiger partial charge on any atom is 0.0443 e. The van der Waals surface area contributed by atoms with Crippen LogP contribution in [0.2, 0.25) is 0 Å². The SMILES string of the molecule is OCCCNC1CC(CC2CC2)CN(CC2CCC2)C1. The highest BCUT2D eigenvalue weighted by Crippen LogP contribution is 2.38. The van der Waals surface area contributed by atoms with E-state index in [0.717, 1.165) is 30.7 Å². The van der Waals surface area contributed by atoms with Gasteiger partial charge in [-0.2, -0.15) is 0 Å². The van der Waals surface area contributed by atoms with Gasteiger partial charge >= 0.3 is 0 Å². The first-order valence-corrected chi connectivity index (χ1v) is 8.90. The predicted octanol–water partition coefficient (Wildman–Crippen LogP) is 2.25. The molecule has 2 N–H and O–H groups in total. The fourth-order valence-corrected chi connectivity index (χ4v) is 4.02. The van der Waals surface area contributed by atoms with E-state index in [-0.39, 0.29) is 0 Å². The number of hydrogen-bond acceptors (Lipinski definition) is 3. The molecule has 2 atom stereocenters. The molecule has 116 valence electrons. The van der Waals surface area contributed by atoms with Crippen LogP contribution in [0.5, 0.6) is 0 Å². The average molecular weight is 280 g/mol. The number of hydrogen-bond donors (Lipinski definition) is 2. The summed E-state index contributed by atoms with van der Waals surface area (Å²) >= 11 is 0. The van der Waals surface area contributed by atoms with E-state index in [2.05, 4.69) is 10.2 Å². The maximum absolute atomic E-state index is 8.93. The third-order valence-electron chi connectivity index (χ3n) is 5.49. The second-order valence-corrected chi connectivity index (χ2v) is 7.52. The summed E-state index contributed by atoms with van der Waals surface area (Å²) in [6.45, 7) is 5.24. The van der Waals surface area contributed by atoms with E-state index in [1.165, 1.54) is 64.6 Å². The van der Waals surface area contributed by atoms with Crippen molar-refractivity contribution in [2.24, 2.45) is 17.8 Å². The first-order valence-electron chi connectivity index (χ1n) is 8.90. The van der Waals surface area contributed by atoms with Crippen molar-refractivity contribution in [3.63, 3.8) is 0 Å². The molecule has 20 heavy (non-hydrogen) atoms. The van der Waals surface area contributed by atoms with Crippen LogP contribution in [0, 0.1) is 17.8 Å². The van der Waals surface area contributed by atoms with Crippen molar-refractivity contribution in [1.82, 2.24) is 10.2 Å². The molecule has 2 aliphatic carbocycles. The van der Waals surface area contributed by atoms with Gasteiger partial charge in [0.25, 0.3) is 0 Å². The molecule has 3 rings (SSSR count). The summed E-state index contributed by atoms with van der Waals surface area (Å²) in [4.78, 5) is 2.75. The molecule has 0 amide bonds. The fourth-order valence-electron chi connectivity index (χ4n) is 4.02. The van der Waals surface area contributed by atoms with Crippen molar-refractivity contribution in [3.8, 4) is 0 Å². The van der Waals surface area contributed by atoms with Gasteiger partial charge in [-0.15, -0.1) is 0 Å². The number of aliphatic hydroxyl groups is 1. The number of nitrogens with one attached hydrogen (secondary N) is 1. The fraction of sp³-hybridized carbons (Fsp3) is 1.00. The van der Waals surface area contributed by atoms with Gasteiger partial charge in [0, 0.05) is 32.3 Å². The molecule has 1 aliphatic heterocycles. The number of nitrogens with zero attached hydrogens (tertiary/aromatic N) is 1. The second kappa shape index (κ2) is 7.24. The van der Waals surface area contributed by atoms with Crippen LogP contribution in [-0.4, -0.2) is 48.8 Å². The van der Waals surface area contributed by atoms with Gasteiger partial charge in [-0.05, 0) is 56.4 Å². The lowest BCUT2D eigenvalue weighted by Gasteiger charge is -2.41. The van der Waals surface area contributed by atoms with Crippen LogP contribution in [-0.2, 0) is 0 Å². The Morgan fingerprint density at radius 3 is 2.50 bits per heavy atom. The summed E-state index contributed by atoms with van der Waals surface area (Å²) in [5.41, 5.74) is 0. The van der Waals surface area contributed by atoms with Crippen molar-refractivity contribution < 1.29 is 5.11 Å². The highest BCUT2D eigenvalue weighted by atomic mass is 16.3. The van der Waals surface area contributed by atoms with Gasteiger partial charge in [-0.1, -0.05) is 19.3 Å². The smallest absolute Gasteiger partial charge is 0.0443 e. The first kappa shape index (κ1) is 14.8. The standard InChI is InChI=1S/C17H32N2O/c20-8-2-7-18-17-10-16(9-14-5-6-14)12-19(13-17)11-15-3-1-4-15/h14-18,20H,1-13H2. The van der Waals surface area contributed by atoms with Gasteiger partial charge in [-0.3, -0.25) is 0 Å². The zero-order chi connectivity index (χ0) is 13.8. The summed E-state index contributed by atoms with van der Waals surface area (Å²) in [6.07, 6.45) is 11.1. The number of aliphatic hydroxyl groups excluding tert-OH is 1. The van der Waals surface area contributed by atoms with Crippen molar-refractivity contribution in [1.29, 1.82) is 0 Å². The molecule has 3 nitrogen and oxygen atoms in total. The Bertz CT molecular complexity index is 289. The van der Waals surface area contributed by atoms with E-state index in [9.17, 15) is 0 Å². The normalized spacial score (nSPS) is 32.2. The van der Waals surface area contributed by atoms with Crippen LogP contribution >= 0.6 is 0 Å². The molecule has 0 spiro atoms. The van der Waals surface area contributed by atoms with Crippen LogP contribution < -0.4 is 5.32 Å². The van der Waals surface area contributed by atoms with Crippen molar-refractivity contribution in [2.45, 2.75) is 57.4 Å². The highest BCUT2D eigenvalue weighted by Gasteiger charge is 2.33. The Labute approximate surface area is 124 Å². The van der Waals surface area contributed by atoms with Crippen molar-refractivity contribution in [2.75, 3.05) is 32.8 Å². The summed E-state index contributed by atoms with van der Waals surface area (Å²) in [7, 11) is 0. The molecule has 0 aromatic heterocycles. The molecule has 0 aromatic rings. The van der Waals surface area contributed by atoms with E-state index in [0.29, 0.717) is 12.6 Å². The van der Waals surface area contributed by atoms with Crippen molar-refractivity contribution >= 4 is 0 Å². The van der Waals surface area contributed by atoms with Crippen LogP contribution in [0.25, 0.3) is 0 Å². The van der Waals surface area contributed by atoms with Crippen molar-refractivity contribution in [3.05, 3.63) is 0 Å². The van der Waals surface area contributed by atoms with Crippen LogP contribution in [0.1, 0.15) is 51.4 Å². The molecular weight excluding hydrogens is 248 g/mol. The molecular formula is C17H32N2O. The molecule has 2 unspecified atom stereocenters. The number of piperidine rings is 1. The Balaban J connectivity index is 1.46. The Kier molecular flexibility index (Phi) is 5.36. The molecule has 3 fully saturated rings. The topological polar surface area (TPSA) is 35.5 Å². The van der Waals surface area contributed by atoms with E-state index in [4.69, 9.17) is 5.11 Å². The predicted molar refractivity (Wildman–Crippen MR) is 82.7 cm³/mol. The molecule has 1 heterocycles. The third kappa shape index (κ3) is 4.44. The first-order chi connectivity index (χ1) is 9.83. The minimum Gasteiger partial charge on any atom is -0.396 e. The van der Waals surface area contributed by atoms with Gasteiger partial charge < -0.3 is 15.3 Å². The maximum atomic E-state index is 8.93. The lowest BCUT2D eigenvalue weighted by atomic mass is 9.83. The lowest BCUT2D eigenvalue weighted by Crippen LogP contribution is -2.51. The Morgan fingerprint density at radius 2 is 1.85 bits per heavy atom. The van der Waals surface area contributed by atoms with E-state index in [1.54, 1.807) is 0 Å². The van der Waals surface area contributed by atoms with E-state index in [1.807, 2.05) is 0 Å². The summed E-state index contributed by atoms with van der Waals surface area (Å²) in [6, 6.07) is 0.666. The zero-order valence-electron chi connectivity index (χ0n) is 12.9. The third-order valence-corrected chi connectivity index (χ3v) is 5.49. The average Bonchev–Trinajstić information content (AvgIpc) is 3.18. The van der Waals surface area contributed by atoms with Crippen LogP contribution in [0.4, 0.5) is 0 Å². The molecule has 0 radical (unpaired) electrons. The molecule has 0 bridgehead atoms. The number of likely N-dealkylation sites (tertiary alicyclic amines) is 1. The van der Waals surface area contributed by atoms with E-state index >= 15 is 0 Å². The van der Waals surface area contributed by atoms with Gasteiger partial charge in [0.1, 0.15) is 0 Å². The summed E-state index contributed by atoms with van der Waals surface area (Å²) < 4.78 is 0. The number of rotatable bonds is 8. The molecule has 2 saturated carbocycles. The highest BCUT2D eigenvalue weighted by molar-refractivity contribution is 4.88. The molecule has 3 heteroatoms. The van der Waals surface area contributed by atoms with E-state index < -0.39 is 0 Å². The molecule has 1 saturated heterocycles. The summed E-state index contributed by atoms with van der Waals surface area (Å²) in [5.74, 6) is 2.97. The molecule has 0 aromatic carbocycles. The lowest BCUT2D eigenvalue weighted by molar-refractivity contribution is 0.0960. The van der Waals surface area contributed by atoms with Gasteiger partial charge in [0.2, 0.25) is 0 Å².